The van der Waals surface area contributed by atoms with Gasteiger partial charge in [-0.15, -0.1) is 0 Å². The standard InChI is InChI=1S/C45H27N3O2/c1-3-11-28(12-4-1)32-23-33(29-13-5-2-6-14-29)25-34(24-32)45-47-43(30-19-21-37-35-15-7-9-17-39(35)49-41(37)26-30)46-44(48-45)31-20-22-38-36-16-8-10-18-40(36)50-42(38)27-31/h1-27H/i7D,9D,15D,17D,19D,21D,26D. The van der Waals surface area contributed by atoms with E-state index in [0.717, 1.165) is 38.6 Å². The summed E-state index contributed by atoms with van der Waals surface area (Å²) in [5.74, 6) is 0.430. The quantitative estimate of drug-likeness (QED) is 0.186. The molecule has 0 saturated carbocycles. The van der Waals surface area contributed by atoms with Crippen LogP contribution in [-0.2, 0) is 0 Å². The minimum absolute atomic E-state index is 0.0522. The summed E-state index contributed by atoms with van der Waals surface area (Å²) in [5, 5.41) is 1.77. The number of fused-ring (bicyclic) bond motifs is 6. The number of hydrogen-bond acceptors (Lipinski definition) is 5. The average molecular weight is 649 g/mol. The van der Waals surface area contributed by atoms with E-state index >= 15 is 0 Å². The molecule has 3 heterocycles. The zero-order chi connectivity index (χ0) is 39.1. The summed E-state index contributed by atoms with van der Waals surface area (Å²) in [7, 11) is 0. The molecule has 50 heavy (non-hydrogen) atoms. The Morgan fingerprint density at radius 1 is 0.360 bits per heavy atom. The van der Waals surface area contributed by atoms with Crippen molar-refractivity contribution in [3.8, 4) is 56.4 Å². The molecule has 0 spiro atoms. The van der Waals surface area contributed by atoms with E-state index in [-0.39, 0.29) is 57.1 Å². The first kappa shape index (κ1) is 21.9. The van der Waals surface area contributed by atoms with Gasteiger partial charge in [0.1, 0.15) is 22.3 Å². The van der Waals surface area contributed by atoms with Crippen LogP contribution in [0.1, 0.15) is 9.60 Å². The predicted octanol–water partition coefficient (Wildman–Crippen LogP) is 12.0. The molecule has 0 amide bonds. The van der Waals surface area contributed by atoms with Crippen LogP contribution in [0.3, 0.4) is 0 Å². The molecule has 10 rings (SSSR count). The largest absolute Gasteiger partial charge is 0.456 e. The smallest absolute Gasteiger partial charge is 0.164 e. The first-order valence-corrected chi connectivity index (χ1v) is 16.0. The normalized spacial score (nSPS) is 13.6. The summed E-state index contributed by atoms with van der Waals surface area (Å²) in [6, 6.07) is 36.4. The number of nitrogens with zero attached hydrogens (tertiary/aromatic N) is 3. The van der Waals surface area contributed by atoms with Gasteiger partial charge in [-0.25, -0.2) is 15.0 Å². The van der Waals surface area contributed by atoms with Gasteiger partial charge in [-0.1, -0.05) is 109 Å². The van der Waals surface area contributed by atoms with Crippen molar-refractivity contribution >= 4 is 43.9 Å². The maximum atomic E-state index is 9.38. The molecule has 0 bridgehead atoms. The van der Waals surface area contributed by atoms with Crippen LogP contribution in [0, 0.1) is 0 Å². The Kier molecular flexibility index (Phi) is 4.99. The topological polar surface area (TPSA) is 65.0 Å². The summed E-state index contributed by atoms with van der Waals surface area (Å²) in [4.78, 5) is 14.8. The highest BCUT2D eigenvalue weighted by atomic mass is 16.3. The first-order chi connectivity index (χ1) is 27.7. The van der Waals surface area contributed by atoms with Gasteiger partial charge in [0.15, 0.2) is 17.5 Å². The summed E-state index contributed by atoms with van der Waals surface area (Å²) < 4.78 is 73.4. The Morgan fingerprint density at radius 3 is 1.70 bits per heavy atom. The molecule has 7 aromatic carbocycles. The fourth-order valence-electron chi connectivity index (χ4n) is 6.37. The molecule has 0 radical (unpaired) electrons. The lowest BCUT2D eigenvalue weighted by Crippen LogP contribution is -2.00. The van der Waals surface area contributed by atoms with Crippen molar-refractivity contribution in [3.63, 3.8) is 0 Å². The molecule has 0 aliphatic carbocycles. The first-order valence-electron chi connectivity index (χ1n) is 19.5. The molecule has 5 heteroatoms. The second kappa shape index (κ2) is 11.4. The van der Waals surface area contributed by atoms with E-state index in [2.05, 4.69) is 6.07 Å². The molecule has 0 N–H and O–H groups in total. The zero-order valence-corrected chi connectivity index (χ0v) is 26.2. The van der Waals surface area contributed by atoms with Gasteiger partial charge < -0.3 is 8.83 Å². The van der Waals surface area contributed by atoms with Crippen molar-refractivity contribution < 1.29 is 18.4 Å². The Hall–Kier alpha value is -6.85. The fourth-order valence-corrected chi connectivity index (χ4v) is 6.37. The van der Waals surface area contributed by atoms with Gasteiger partial charge in [0, 0.05) is 38.2 Å². The molecule has 0 unspecified atom stereocenters. The number of hydrogen-bond donors (Lipinski definition) is 0. The van der Waals surface area contributed by atoms with E-state index in [4.69, 9.17) is 30.6 Å². The van der Waals surface area contributed by atoms with E-state index in [9.17, 15) is 2.74 Å². The summed E-state index contributed by atoms with van der Waals surface area (Å²) in [6.07, 6.45) is 0. The number of para-hydroxylation sites is 2. The van der Waals surface area contributed by atoms with E-state index in [1.165, 1.54) is 0 Å². The third-order valence-corrected chi connectivity index (χ3v) is 8.79. The van der Waals surface area contributed by atoms with Crippen molar-refractivity contribution in [2.24, 2.45) is 0 Å². The Bertz CT molecular complexity index is 3220. The molecule has 0 fully saturated rings. The van der Waals surface area contributed by atoms with Crippen molar-refractivity contribution in [3.05, 3.63) is 164 Å². The third kappa shape index (κ3) is 4.83. The lowest BCUT2D eigenvalue weighted by Gasteiger charge is -2.12. The lowest BCUT2D eigenvalue weighted by atomic mass is 9.96. The molecule has 10 aromatic rings. The molecule has 0 saturated heterocycles. The lowest BCUT2D eigenvalue weighted by molar-refractivity contribution is 0.668. The van der Waals surface area contributed by atoms with Gasteiger partial charge in [-0.3, -0.25) is 0 Å². The third-order valence-electron chi connectivity index (χ3n) is 8.79. The van der Waals surface area contributed by atoms with Gasteiger partial charge in [0.25, 0.3) is 0 Å². The van der Waals surface area contributed by atoms with E-state index in [1.54, 1.807) is 0 Å². The highest BCUT2D eigenvalue weighted by molar-refractivity contribution is 6.06. The molecular weight excluding hydrogens is 615 g/mol. The molecule has 3 aromatic heterocycles. The minimum atomic E-state index is -0.503. The SMILES string of the molecule is [2H]c1c([2H])c([2H])c2c(oc3c([2H])c(-c4nc(-c5cc(-c6ccccc6)cc(-c6ccccc6)c5)nc(-c5ccc6c(c5)oc5ccccc56)n4)c([2H])c([2H])c32)c1[2H]. The number of benzene rings is 7. The summed E-state index contributed by atoms with van der Waals surface area (Å²) in [6.45, 7) is 0. The van der Waals surface area contributed by atoms with Crippen LogP contribution in [0.2, 0.25) is 0 Å². The van der Waals surface area contributed by atoms with Crippen LogP contribution >= 0.6 is 0 Å². The van der Waals surface area contributed by atoms with E-state index in [0.29, 0.717) is 16.7 Å². The van der Waals surface area contributed by atoms with Crippen LogP contribution < -0.4 is 0 Å². The Morgan fingerprint density at radius 2 is 0.940 bits per heavy atom. The van der Waals surface area contributed by atoms with Crippen molar-refractivity contribution in [2.75, 3.05) is 0 Å². The summed E-state index contributed by atoms with van der Waals surface area (Å²) in [5.41, 5.74) is 5.89. The maximum Gasteiger partial charge on any atom is 0.164 e. The number of furan rings is 2. The van der Waals surface area contributed by atoms with Crippen molar-refractivity contribution in [1.82, 2.24) is 15.0 Å². The van der Waals surface area contributed by atoms with Crippen molar-refractivity contribution in [2.45, 2.75) is 0 Å². The molecular formula is C45H27N3O2. The van der Waals surface area contributed by atoms with Crippen LogP contribution in [0.25, 0.3) is 100 Å². The zero-order valence-electron chi connectivity index (χ0n) is 33.2. The second-order valence-corrected chi connectivity index (χ2v) is 11.9. The predicted molar refractivity (Wildman–Crippen MR) is 202 cm³/mol. The van der Waals surface area contributed by atoms with Gasteiger partial charge >= 0.3 is 0 Å². The molecule has 234 valence electrons. The molecule has 0 aliphatic heterocycles. The van der Waals surface area contributed by atoms with Gasteiger partial charge in [-0.05, 0) is 76.8 Å². The Labute approximate surface area is 297 Å². The number of rotatable bonds is 5. The highest BCUT2D eigenvalue weighted by Crippen LogP contribution is 2.36. The van der Waals surface area contributed by atoms with E-state index in [1.807, 2.05) is 115 Å². The highest BCUT2D eigenvalue weighted by Gasteiger charge is 2.17. The van der Waals surface area contributed by atoms with Crippen LogP contribution in [0.5, 0.6) is 0 Å². The molecule has 5 nitrogen and oxygen atoms in total. The van der Waals surface area contributed by atoms with E-state index < -0.39 is 30.2 Å². The maximum absolute atomic E-state index is 9.38. The molecule has 0 aliphatic rings. The minimum Gasteiger partial charge on any atom is -0.456 e. The fraction of sp³-hybridized carbons (Fsp3) is 0. The van der Waals surface area contributed by atoms with Crippen LogP contribution in [0.15, 0.2) is 172 Å². The van der Waals surface area contributed by atoms with Crippen LogP contribution in [0.4, 0.5) is 0 Å². The summed E-state index contributed by atoms with van der Waals surface area (Å²) >= 11 is 0. The van der Waals surface area contributed by atoms with Gasteiger partial charge in [0.2, 0.25) is 0 Å². The second-order valence-electron chi connectivity index (χ2n) is 11.9. The number of aromatic nitrogens is 3. The van der Waals surface area contributed by atoms with Crippen molar-refractivity contribution in [1.29, 1.82) is 0 Å². The van der Waals surface area contributed by atoms with Gasteiger partial charge in [0.05, 0.1) is 9.60 Å². The van der Waals surface area contributed by atoms with Crippen LogP contribution in [-0.4, -0.2) is 15.0 Å². The average Bonchev–Trinajstić information content (AvgIpc) is 3.84. The molecule has 0 atom stereocenters. The Balaban J connectivity index is 1.26. The van der Waals surface area contributed by atoms with Gasteiger partial charge in [-0.2, -0.15) is 0 Å². The monoisotopic (exact) mass is 648 g/mol.